The van der Waals surface area contributed by atoms with E-state index < -0.39 is 41.1 Å². The molecule has 2 aliphatic rings. The van der Waals surface area contributed by atoms with E-state index in [1.807, 2.05) is 41.5 Å². The molecule has 1 aliphatic heterocycles. The van der Waals surface area contributed by atoms with Gasteiger partial charge < -0.3 is 20.9 Å². The maximum absolute atomic E-state index is 14.0. The predicted octanol–water partition coefficient (Wildman–Crippen LogP) is 1.87. The van der Waals surface area contributed by atoms with Crippen LogP contribution in [0.4, 0.5) is 0 Å². The summed E-state index contributed by atoms with van der Waals surface area (Å²) in [7, 11) is 1.36. The van der Waals surface area contributed by atoms with E-state index >= 15 is 0 Å². The number of carbonyl (C=O) groups is 5. The Kier molecular flexibility index (Phi) is 8.82. The van der Waals surface area contributed by atoms with Crippen molar-refractivity contribution in [2.75, 3.05) is 13.6 Å². The van der Waals surface area contributed by atoms with E-state index in [-0.39, 0.29) is 47.3 Å². The molecule has 1 aromatic rings. The zero-order chi connectivity index (χ0) is 30.2. The number of aromatic nitrogens is 1. The maximum Gasteiger partial charge on any atom is 0.289 e. The number of nitrogens with zero attached hydrogens (tertiary/aromatic N) is 2. The molecule has 2 heterocycles. The van der Waals surface area contributed by atoms with Gasteiger partial charge in [-0.2, -0.15) is 0 Å². The number of fused-ring (bicyclic) bond motifs is 1. The highest BCUT2D eigenvalue weighted by Gasteiger charge is 2.69. The van der Waals surface area contributed by atoms with Crippen molar-refractivity contribution in [2.45, 2.75) is 86.4 Å². The van der Waals surface area contributed by atoms with Gasteiger partial charge in [0, 0.05) is 38.3 Å². The fourth-order valence-corrected chi connectivity index (χ4v) is 5.80. The van der Waals surface area contributed by atoms with Crippen LogP contribution < -0.4 is 16.0 Å². The topological polar surface area (TPSA) is 138 Å². The van der Waals surface area contributed by atoms with Crippen LogP contribution in [0.15, 0.2) is 24.4 Å². The summed E-state index contributed by atoms with van der Waals surface area (Å²) in [5.41, 5.74) is -0.474. The molecule has 0 spiro atoms. The molecule has 1 unspecified atom stereocenters. The van der Waals surface area contributed by atoms with Crippen molar-refractivity contribution in [1.82, 2.24) is 25.8 Å². The fourth-order valence-electron chi connectivity index (χ4n) is 5.80. The summed E-state index contributed by atoms with van der Waals surface area (Å²) in [4.78, 5) is 71.8. The van der Waals surface area contributed by atoms with Crippen LogP contribution in [-0.4, -0.2) is 71.0 Å². The Bertz CT molecular complexity index is 1150. The summed E-state index contributed by atoms with van der Waals surface area (Å²) in [5.74, 6) is -2.63. The Balaban J connectivity index is 1.88. The number of likely N-dealkylation sites (tertiary alicyclic amines) is 1. The number of likely N-dealkylation sites (N-methyl/N-ethyl adjacent to an activating group) is 1. The van der Waals surface area contributed by atoms with Crippen LogP contribution in [0.5, 0.6) is 0 Å². The van der Waals surface area contributed by atoms with Crippen molar-refractivity contribution in [2.24, 2.45) is 28.1 Å². The first-order valence-corrected chi connectivity index (χ1v) is 13.9. The van der Waals surface area contributed by atoms with E-state index in [1.165, 1.54) is 7.05 Å². The number of hydrogen-bond donors (Lipinski definition) is 3. The van der Waals surface area contributed by atoms with Crippen LogP contribution >= 0.6 is 0 Å². The Hall–Kier alpha value is -3.30. The first-order valence-electron chi connectivity index (χ1n) is 13.9. The van der Waals surface area contributed by atoms with Gasteiger partial charge in [-0.3, -0.25) is 29.0 Å². The van der Waals surface area contributed by atoms with Crippen molar-refractivity contribution in [3.8, 4) is 0 Å². The first kappa shape index (κ1) is 31.2. The second kappa shape index (κ2) is 11.3. The summed E-state index contributed by atoms with van der Waals surface area (Å²) >= 11 is 0. The van der Waals surface area contributed by atoms with E-state index in [4.69, 9.17) is 0 Å². The third-order valence-corrected chi connectivity index (χ3v) is 8.09. The largest absolute Gasteiger partial charge is 0.353 e. The first-order chi connectivity index (χ1) is 18.4. The second-order valence-electron chi connectivity index (χ2n) is 14.0. The molecular weight excluding hydrogens is 510 g/mol. The number of piperidine rings is 1. The lowest BCUT2D eigenvalue weighted by molar-refractivity contribution is -0.146. The van der Waals surface area contributed by atoms with Crippen molar-refractivity contribution in [3.05, 3.63) is 30.1 Å². The molecule has 10 nitrogen and oxygen atoms in total. The average molecular weight is 556 g/mol. The monoisotopic (exact) mass is 555 g/mol. The molecule has 1 saturated heterocycles. The number of hydrogen-bond acceptors (Lipinski definition) is 6. The van der Waals surface area contributed by atoms with Gasteiger partial charge in [-0.25, -0.2) is 0 Å². The van der Waals surface area contributed by atoms with Crippen LogP contribution in [0.25, 0.3) is 0 Å². The molecule has 1 aliphatic carbocycles. The Morgan fingerprint density at radius 3 is 2.23 bits per heavy atom. The van der Waals surface area contributed by atoms with Gasteiger partial charge in [0.1, 0.15) is 18.1 Å². The number of rotatable bonds is 9. The molecule has 220 valence electrons. The van der Waals surface area contributed by atoms with Gasteiger partial charge in [-0.05, 0) is 40.2 Å². The molecule has 2 fully saturated rings. The van der Waals surface area contributed by atoms with Gasteiger partial charge in [0.05, 0.1) is 0 Å². The quantitative estimate of drug-likeness (QED) is 0.398. The lowest BCUT2D eigenvalue weighted by Gasteiger charge is -2.38. The number of carbonyl (C=O) groups excluding carboxylic acids is 5. The zero-order valence-corrected chi connectivity index (χ0v) is 25.3. The Labute approximate surface area is 237 Å². The molecule has 0 bridgehead atoms. The molecule has 5 atom stereocenters. The Morgan fingerprint density at radius 2 is 1.70 bits per heavy atom. The van der Waals surface area contributed by atoms with Crippen LogP contribution in [0, 0.1) is 28.1 Å². The summed E-state index contributed by atoms with van der Waals surface area (Å²) in [6.07, 6.45) is 1.87. The molecule has 4 amide bonds. The third kappa shape index (κ3) is 6.88. The van der Waals surface area contributed by atoms with Gasteiger partial charge in [0.2, 0.25) is 23.5 Å². The van der Waals surface area contributed by atoms with Gasteiger partial charge in [0.25, 0.3) is 5.91 Å². The summed E-state index contributed by atoms with van der Waals surface area (Å²) in [6.45, 7) is 16.0. The highest BCUT2D eigenvalue weighted by Crippen LogP contribution is 2.65. The van der Waals surface area contributed by atoms with E-state index in [2.05, 4.69) is 34.8 Å². The predicted molar refractivity (Wildman–Crippen MR) is 151 cm³/mol. The molecule has 40 heavy (non-hydrogen) atoms. The van der Waals surface area contributed by atoms with E-state index in [0.717, 1.165) is 0 Å². The standard InChI is InChI=1S/C30H45N5O5/c1-28(2,3)15-20(36)34-24(29(4,5)6)27(40)35-16-18-21(30(18,7)8)22(35)25(38)33-19(23(37)26(39)31-9)14-17-12-10-11-13-32-17/h10-13,18-19,21-22,24H,14-16H2,1-9H3,(H,31,39)(H,33,38)(H,34,36)/t18-,19-,21-,22-,24?/m0/s1. The number of ketones is 1. The van der Waals surface area contributed by atoms with Crippen LogP contribution in [0.1, 0.15) is 67.5 Å². The van der Waals surface area contributed by atoms with Gasteiger partial charge in [-0.15, -0.1) is 0 Å². The lowest BCUT2D eigenvalue weighted by Crippen LogP contribution is -2.60. The van der Waals surface area contributed by atoms with Gasteiger partial charge in [0.15, 0.2) is 0 Å². The summed E-state index contributed by atoms with van der Waals surface area (Å²) in [6, 6.07) is 2.40. The maximum atomic E-state index is 14.0. The summed E-state index contributed by atoms with van der Waals surface area (Å²) < 4.78 is 0. The van der Waals surface area contributed by atoms with Gasteiger partial charge >= 0.3 is 0 Å². The number of nitrogens with one attached hydrogen (secondary N) is 3. The van der Waals surface area contributed by atoms with Gasteiger partial charge in [-0.1, -0.05) is 61.5 Å². The third-order valence-electron chi connectivity index (χ3n) is 8.09. The minimum absolute atomic E-state index is 0.0322. The molecule has 0 radical (unpaired) electrons. The molecule has 3 N–H and O–H groups in total. The molecule has 1 saturated carbocycles. The van der Waals surface area contributed by atoms with Crippen molar-refractivity contribution >= 4 is 29.4 Å². The van der Waals surface area contributed by atoms with E-state index in [0.29, 0.717) is 12.2 Å². The van der Waals surface area contributed by atoms with Crippen molar-refractivity contribution < 1.29 is 24.0 Å². The molecule has 3 rings (SSSR count). The van der Waals surface area contributed by atoms with E-state index in [9.17, 15) is 24.0 Å². The highest BCUT2D eigenvalue weighted by atomic mass is 16.2. The van der Waals surface area contributed by atoms with Crippen LogP contribution in [-0.2, 0) is 30.4 Å². The fraction of sp³-hybridized carbons (Fsp3) is 0.667. The Morgan fingerprint density at radius 1 is 1.05 bits per heavy atom. The number of pyridine rings is 1. The lowest BCUT2D eigenvalue weighted by atomic mass is 9.84. The molecule has 1 aromatic heterocycles. The normalized spacial score (nSPS) is 22.9. The van der Waals surface area contributed by atoms with Crippen LogP contribution in [0.2, 0.25) is 0 Å². The molecule has 10 heteroatoms. The highest BCUT2D eigenvalue weighted by molar-refractivity contribution is 6.38. The van der Waals surface area contributed by atoms with Crippen molar-refractivity contribution in [1.29, 1.82) is 0 Å². The van der Waals surface area contributed by atoms with E-state index in [1.54, 1.807) is 29.3 Å². The minimum atomic E-state index is -1.15. The number of amides is 4. The summed E-state index contributed by atoms with van der Waals surface area (Å²) in [5, 5.41) is 8.05. The second-order valence-corrected chi connectivity index (χ2v) is 14.0. The van der Waals surface area contributed by atoms with Crippen LogP contribution in [0.3, 0.4) is 0 Å². The SMILES string of the molecule is CNC(=O)C(=O)[C@H](Cc1ccccn1)NC(=O)[C@@H]1[C@@H]2[C@H](CN1C(=O)C(NC(=O)CC(C)(C)C)C(C)(C)C)C2(C)C. The smallest absolute Gasteiger partial charge is 0.289 e. The number of Topliss-reactive ketones (excluding diaryl/α,β-unsaturated/α-hetero) is 1. The minimum Gasteiger partial charge on any atom is -0.353 e. The zero-order valence-electron chi connectivity index (χ0n) is 25.3. The van der Waals surface area contributed by atoms with Crippen molar-refractivity contribution in [3.63, 3.8) is 0 Å². The average Bonchev–Trinajstić information content (AvgIpc) is 3.16. The molecule has 0 aromatic carbocycles. The molecular formula is C30H45N5O5.